The number of hydrogen-bond acceptors (Lipinski definition) is 5. The third-order valence-electron chi connectivity index (χ3n) is 6.92. The van der Waals surface area contributed by atoms with Crippen molar-refractivity contribution in [3.05, 3.63) is 24.3 Å². The second-order valence-electron chi connectivity index (χ2n) is 9.04. The molecule has 0 saturated heterocycles. The van der Waals surface area contributed by atoms with E-state index in [4.69, 9.17) is 14.2 Å². The Morgan fingerprint density at radius 3 is 2.44 bits per heavy atom. The molecule has 0 amide bonds. The predicted molar refractivity (Wildman–Crippen MR) is 101 cm³/mol. The van der Waals surface area contributed by atoms with Crippen LogP contribution in [-0.4, -0.2) is 38.4 Å². The molecule has 4 saturated carbocycles. The van der Waals surface area contributed by atoms with E-state index < -0.39 is 0 Å². The highest BCUT2D eigenvalue weighted by molar-refractivity contribution is 5.77. The lowest BCUT2D eigenvalue weighted by molar-refractivity contribution is -0.171. The number of hydrogen-bond donors (Lipinski definition) is 1. The zero-order valence-corrected chi connectivity index (χ0v) is 15.8. The lowest BCUT2D eigenvalue weighted by Gasteiger charge is -2.55. The van der Waals surface area contributed by atoms with Crippen molar-refractivity contribution in [2.24, 2.45) is 23.2 Å². The van der Waals surface area contributed by atoms with Crippen molar-refractivity contribution in [3.63, 3.8) is 0 Å². The van der Waals surface area contributed by atoms with E-state index >= 15 is 0 Å². The van der Waals surface area contributed by atoms with Gasteiger partial charge in [-0.25, -0.2) is 0 Å². The van der Waals surface area contributed by atoms with Crippen molar-refractivity contribution in [3.8, 4) is 11.5 Å². The Hall–Kier alpha value is -1.75. The molecule has 1 heterocycles. The first-order chi connectivity index (χ1) is 13.2. The lowest BCUT2D eigenvalue weighted by atomic mass is 9.49. The van der Waals surface area contributed by atoms with E-state index in [-0.39, 0.29) is 17.5 Å². The monoisotopic (exact) mass is 371 g/mol. The van der Waals surface area contributed by atoms with Crippen molar-refractivity contribution in [2.45, 2.75) is 44.6 Å². The minimum Gasteiger partial charge on any atom is -0.486 e. The highest BCUT2D eigenvalue weighted by Gasteiger charge is 2.55. The van der Waals surface area contributed by atoms with Gasteiger partial charge in [0, 0.05) is 13.1 Å². The van der Waals surface area contributed by atoms with Gasteiger partial charge in [-0.3, -0.25) is 4.79 Å². The number of ether oxygens (including phenoxy) is 3. The second kappa shape index (κ2) is 7.01. The molecule has 6 rings (SSSR count). The van der Waals surface area contributed by atoms with E-state index in [2.05, 4.69) is 5.32 Å². The number of carbonyl (C=O) groups excluding carboxylic acids is 1. The van der Waals surface area contributed by atoms with Crippen LogP contribution in [0.1, 0.15) is 38.5 Å². The fourth-order valence-corrected chi connectivity index (χ4v) is 6.16. The quantitative estimate of drug-likeness (QED) is 0.615. The van der Waals surface area contributed by atoms with E-state index in [0.29, 0.717) is 26.3 Å². The van der Waals surface area contributed by atoms with Gasteiger partial charge in [-0.15, -0.1) is 0 Å². The summed E-state index contributed by atoms with van der Waals surface area (Å²) in [7, 11) is 0. The summed E-state index contributed by atoms with van der Waals surface area (Å²) in [6.45, 7) is 2.31. The molecule has 1 aromatic rings. The second-order valence-corrected chi connectivity index (χ2v) is 9.04. The highest BCUT2D eigenvalue weighted by Crippen LogP contribution is 2.60. The standard InChI is InChI=1S/C22H29NO4/c24-21(22-10-15-7-16(11-22)9-17(8-15)12-22)25-6-5-23-13-18-14-26-19-3-1-2-4-20(19)27-18/h1-4,15-18,23H,5-14H2. The van der Waals surface area contributed by atoms with Crippen LogP contribution in [0.3, 0.4) is 0 Å². The minimum atomic E-state index is -0.154. The molecule has 5 nitrogen and oxygen atoms in total. The Morgan fingerprint density at radius 1 is 1.07 bits per heavy atom. The van der Waals surface area contributed by atoms with Gasteiger partial charge in [0.2, 0.25) is 0 Å². The molecule has 4 bridgehead atoms. The molecule has 1 N–H and O–H groups in total. The van der Waals surface area contributed by atoms with Crippen molar-refractivity contribution < 1.29 is 19.0 Å². The summed E-state index contributed by atoms with van der Waals surface area (Å²) >= 11 is 0. The fourth-order valence-electron chi connectivity index (χ4n) is 6.16. The zero-order valence-electron chi connectivity index (χ0n) is 15.8. The van der Waals surface area contributed by atoms with Crippen LogP contribution in [-0.2, 0) is 9.53 Å². The van der Waals surface area contributed by atoms with Crippen molar-refractivity contribution >= 4 is 5.97 Å². The summed E-state index contributed by atoms with van der Waals surface area (Å²) in [5.41, 5.74) is -0.154. The number of benzene rings is 1. The molecule has 1 aromatic carbocycles. The summed E-state index contributed by atoms with van der Waals surface area (Å²) in [6.07, 6.45) is 7.23. The Balaban J connectivity index is 1.05. The molecule has 5 aliphatic rings. The van der Waals surface area contributed by atoms with Crippen LogP contribution in [0.2, 0.25) is 0 Å². The molecule has 4 aliphatic carbocycles. The summed E-state index contributed by atoms with van der Waals surface area (Å²) in [5.74, 6) is 3.98. The van der Waals surface area contributed by atoms with E-state index in [1.165, 1.54) is 19.3 Å². The number of esters is 1. The van der Waals surface area contributed by atoms with Crippen molar-refractivity contribution in [2.75, 3.05) is 26.3 Å². The van der Waals surface area contributed by atoms with E-state index in [1.807, 2.05) is 24.3 Å². The summed E-state index contributed by atoms with van der Waals surface area (Å²) in [6, 6.07) is 7.73. The molecule has 0 spiro atoms. The van der Waals surface area contributed by atoms with Crippen LogP contribution in [0.5, 0.6) is 11.5 Å². The van der Waals surface area contributed by atoms with Crippen molar-refractivity contribution in [1.82, 2.24) is 5.32 Å². The maximum absolute atomic E-state index is 12.8. The zero-order chi connectivity index (χ0) is 18.3. The first-order valence-electron chi connectivity index (χ1n) is 10.5. The molecule has 0 aromatic heterocycles. The highest BCUT2D eigenvalue weighted by atomic mass is 16.6. The molecule has 146 valence electrons. The van der Waals surface area contributed by atoms with Gasteiger partial charge in [0.15, 0.2) is 11.5 Å². The molecule has 0 radical (unpaired) electrons. The van der Waals surface area contributed by atoms with Gasteiger partial charge < -0.3 is 19.5 Å². The smallest absolute Gasteiger partial charge is 0.312 e. The number of rotatable bonds is 6. The maximum atomic E-state index is 12.8. The van der Waals surface area contributed by atoms with Crippen molar-refractivity contribution in [1.29, 1.82) is 0 Å². The summed E-state index contributed by atoms with van der Waals surface area (Å²) in [5, 5.41) is 3.33. The Morgan fingerprint density at radius 2 is 1.74 bits per heavy atom. The maximum Gasteiger partial charge on any atom is 0.312 e. The largest absolute Gasteiger partial charge is 0.486 e. The molecular weight excluding hydrogens is 342 g/mol. The predicted octanol–water partition coefficient (Wildman–Crippen LogP) is 3.18. The molecular formula is C22H29NO4. The minimum absolute atomic E-state index is 0.0150. The molecule has 5 heteroatoms. The number of para-hydroxylation sites is 2. The molecule has 1 atom stereocenters. The first-order valence-corrected chi connectivity index (χ1v) is 10.5. The first kappa shape index (κ1) is 17.4. The van der Waals surface area contributed by atoms with Crippen LogP contribution in [0.4, 0.5) is 0 Å². The van der Waals surface area contributed by atoms with Crippen LogP contribution < -0.4 is 14.8 Å². The van der Waals surface area contributed by atoms with Crippen LogP contribution in [0.15, 0.2) is 24.3 Å². The summed E-state index contributed by atoms with van der Waals surface area (Å²) < 4.78 is 17.3. The van der Waals surface area contributed by atoms with Gasteiger partial charge in [0.1, 0.15) is 19.3 Å². The van der Waals surface area contributed by atoms with E-state index in [0.717, 1.165) is 48.5 Å². The molecule has 4 fully saturated rings. The van der Waals surface area contributed by atoms with Gasteiger partial charge in [-0.05, 0) is 68.4 Å². The van der Waals surface area contributed by atoms with Gasteiger partial charge >= 0.3 is 5.97 Å². The average molecular weight is 371 g/mol. The lowest BCUT2D eigenvalue weighted by Crippen LogP contribution is -2.50. The Labute approximate surface area is 160 Å². The number of fused-ring (bicyclic) bond motifs is 1. The van der Waals surface area contributed by atoms with Crippen LogP contribution >= 0.6 is 0 Å². The Kier molecular flexibility index (Phi) is 4.50. The number of nitrogens with one attached hydrogen (secondary N) is 1. The molecule has 27 heavy (non-hydrogen) atoms. The fraction of sp³-hybridized carbons (Fsp3) is 0.682. The van der Waals surface area contributed by atoms with Gasteiger partial charge in [0.25, 0.3) is 0 Å². The van der Waals surface area contributed by atoms with Gasteiger partial charge in [-0.1, -0.05) is 12.1 Å². The van der Waals surface area contributed by atoms with Gasteiger partial charge in [0.05, 0.1) is 5.41 Å². The summed E-state index contributed by atoms with van der Waals surface area (Å²) in [4.78, 5) is 12.8. The molecule has 1 unspecified atom stereocenters. The third-order valence-corrected chi connectivity index (χ3v) is 6.92. The van der Waals surface area contributed by atoms with E-state index in [9.17, 15) is 4.79 Å². The van der Waals surface area contributed by atoms with Crippen LogP contribution in [0, 0.1) is 23.2 Å². The third kappa shape index (κ3) is 3.42. The normalized spacial score (nSPS) is 35.9. The average Bonchev–Trinajstić information content (AvgIpc) is 2.66. The van der Waals surface area contributed by atoms with Gasteiger partial charge in [-0.2, -0.15) is 0 Å². The topological polar surface area (TPSA) is 56.8 Å². The number of carbonyl (C=O) groups is 1. The SMILES string of the molecule is O=C(OCCNCC1COc2ccccc2O1)C12CC3CC(CC(C3)C1)C2. The van der Waals surface area contributed by atoms with Crippen LogP contribution in [0.25, 0.3) is 0 Å². The van der Waals surface area contributed by atoms with E-state index in [1.54, 1.807) is 0 Å². The molecule has 1 aliphatic heterocycles. The Bertz CT molecular complexity index is 668.